The van der Waals surface area contributed by atoms with Crippen LogP contribution in [0.15, 0.2) is 0 Å². The Morgan fingerprint density at radius 1 is 1.00 bits per heavy atom. The molecule has 20 heavy (non-hydrogen) atoms. The maximum Gasteiger partial charge on any atom is -0.00177 e. The molecule has 118 valence electrons. The molecule has 2 aliphatic rings. The van der Waals surface area contributed by atoms with Crippen molar-refractivity contribution in [2.24, 2.45) is 35.0 Å². The molecule has 1 nitrogen and oxygen atoms in total. The molecule has 1 aliphatic heterocycles. The highest BCUT2D eigenvalue weighted by Gasteiger charge is 2.36. The highest BCUT2D eigenvalue weighted by atomic mass is 14.9. The van der Waals surface area contributed by atoms with Gasteiger partial charge >= 0.3 is 0 Å². The molecule has 1 aliphatic carbocycles. The van der Waals surface area contributed by atoms with Gasteiger partial charge < -0.3 is 5.32 Å². The standard InChI is InChI=1S/C19H37N/c1-14(2)12-16-13-20-11-10-18(16)15-6-8-17(9-7-15)19(3,4)5/h14-18,20H,6-13H2,1-5H3. The van der Waals surface area contributed by atoms with Crippen molar-refractivity contribution in [3.63, 3.8) is 0 Å². The third-order valence-electron chi connectivity index (χ3n) is 6.04. The van der Waals surface area contributed by atoms with Crippen LogP contribution < -0.4 is 5.32 Å². The lowest BCUT2D eigenvalue weighted by atomic mass is 9.64. The van der Waals surface area contributed by atoms with Crippen LogP contribution in [0.5, 0.6) is 0 Å². The minimum Gasteiger partial charge on any atom is -0.316 e. The second-order valence-corrected chi connectivity index (χ2v) is 9.02. The summed E-state index contributed by atoms with van der Waals surface area (Å²) in [6.07, 6.45) is 8.82. The quantitative estimate of drug-likeness (QED) is 0.757. The van der Waals surface area contributed by atoms with Crippen LogP contribution in [0.1, 0.15) is 73.1 Å². The maximum atomic E-state index is 3.64. The molecule has 2 fully saturated rings. The van der Waals surface area contributed by atoms with Crippen LogP contribution in [0.2, 0.25) is 0 Å². The van der Waals surface area contributed by atoms with Gasteiger partial charge in [-0.15, -0.1) is 0 Å². The number of hydrogen-bond acceptors (Lipinski definition) is 1. The van der Waals surface area contributed by atoms with Crippen molar-refractivity contribution in [2.75, 3.05) is 13.1 Å². The van der Waals surface area contributed by atoms with Gasteiger partial charge in [-0.2, -0.15) is 0 Å². The molecule has 0 aromatic carbocycles. The van der Waals surface area contributed by atoms with E-state index in [2.05, 4.69) is 39.9 Å². The Hall–Kier alpha value is -0.0400. The molecule has 1 saturated carbocycles. The van der Waals surface area contributed by atoms with Crippen LogP contribution in [-0.2, 0) is 0 Å². The van der Waals surface area contributed by atoms with Gasteiger partial charge in [-0.05, 0) is 86.6 Å². The maximum absolute atomic E-state index is 3.64. The molecule has 1 heterocycles. The number of piperidine rings is 1. The Labute approximate surface area is 127 Å². The normalized spacial score (nSPS) is 36.3. The highest BCUT2D eigenvalue weighted by Crippen LogP contribution is 2.45. The van der Waals surface area contributed by atoms with Gasteiger partial charge in [0, 0.05) is 0 Å². The lowest BCUT2D eigenvalue weighted by Crippen LogP contribution is -2.42. The largest absolute Gasteiger partial charge is 0.316 e. The zero-order valence-electron chi connectivity index (χ0n) is 14.5. The predicted octanol–water partition coefficient (Wildman–Crippen LogP) is 5.11. The monoisotopic (exact) mass is 279 g/mol. The Morgan fingerprint density at radius 2 is 1.65 bits per heavy atom. The molecule has 1 saturated heterocycles. The first-order chi connectivity index (χ1) is 9.38. The highest BCUT2D eigenvalue weighted by molar-refractivity contribution is 4.88. The van der Waals surface area contributed by atoms with Crippen molar-refractivity contribution in [2.45, 2.75) is 73.1 Å². The molecular formula is C19H37N. The molecule has 2 rings (SSSR count). The zero-order chi connectivity index (χ0) is 14.8. The van der Waals surface area contributed by atoms with Crippen molar-refractivity contribution in [1.29, 1.82) is 0 Å². The fourth-order valence-electron chi connectivity index (χ4n) is 4.84. The van der Waals surface area contributed by atoms with Crippen LogP contribution in [-0.4, -0.2) is 13.1 Å². The van der Waals surface area contributed by atoms with Crippen molar-refractivity contribution in [3.8, 4) is 0 Å². The van der Waals surface area contributed by atoms with Gasteiger partial charge in [0.1, 0.15) is 0 Å². The van der Waals surface area contributed by atoms with E-state index in [1.165, 1.54) is 51.6 Å². The number of hydrogen-bond donors (Lipinski definition) is 1. The van der Waals surface area contributed by atoms with Crippen molar-refractivity contribution in [1.82, 2.24) is 5.32 Å². The Kier molecular flexibility index (Phi) is 5.56. The van der Waals surface area contributed by atoms with Gasteiger partial charge in [-0.1, -0.05) is 34.6 Å². The van der Waals surface area contributed by atoms with E-state index in [0.717, 1.165) is 29.6 Å². The summed E-state index contributed by atoms with van der Waals surface area (Å²) in [7, 11) is 0. The van der Waals surface area contributed by atoms with Crippen LogP contribution in [0, 0.1) is 35.0 Å². The number of rotatable bonds is 3. The van der Waals surface area contributed by atoms with Gasteiger partial charge in [-0.25, -0.2) is 0 Å². The molecule has 0 radical (unpaired) electrons. The second-order valence-electron chi connectivity index (χ2n) is 9.02. The Balaban J connectivity index is 1.90. The van der Waals surface area contributed by atoms with Crippen LogP contribution in [0.3, 0.4) is 0 Å². The van der Waals surface area contributed by atoms with E-state index in [4.69, 9.17) is 0 Å². The molecule has 0 bridgehead atoms. The molecule has 0 spiro atoms. The summed E-state index contributed by atoms with van der Waals surface area (Å²) in [6.45, 7) is 14.6. The molecule has 1 heteroatoms. The topological polar surface area (TPSA) is 12.0 Å². The SMILES string of the molecule is CC(C)CC1CNCCC1C1CCC(C(C)(C)C)CC1. The van der Waals surface area contributed by atoms with Crippen molar-refractivity contribution >= 4 is 0 Å². The van der Waals surface area contributed by atoms with Crippen LogP contribution in [0.4, 0.5) is 0 Å². The van der Waals surface area contributed by atoms with E-state index >= 15 is 0 Å². The molecule has 2 atom stereocenters. The molecule has 0 amide bonds. The summed E-state index contributed by atoms with van der Waals surface area (Å²) < 4.78 is 0. The van der Waals surface area contributed by atoms with Crippen LogP contribution in [0.25, 0.3) is 0 Å². The third kappa shape index (κ3) is 4.23. The Bertz CT molecular complexity index is 281. The lowest BCUT2D eigenvalue weighted by Gasteiger charge is -2.44. The summed E-state index contributed by atoms with van der Waals surface area (Å²) in [4.78, 5) is 0. The van der Waals surface area contributed by atoms with Crippen molar-refractivity contribution in [3.05, 3.63) is 0 Å². The minimum atomic E-state index is 0.524. The van der Waals surface area contributed by atoms with Gasteiger partial charge in [0.05, 0.1) is 0 Å². The molecule has 2 unspecified atom stereocenters. The average molecular weight is 280 g/mol. The first-order valence-electron chi connectivity index (χ1n) is 9.08. The summed E-state index contributed by atoms with van der Waals surface area (Å²) in [6, 6.07) is 0. The number of nitrogens with one attached hydrogen (secondary N) is 1. The fourth-order valence-corrected chi connectivity index (χ4v) is 4.84. The van der Waals surface area contributed by atoms with E-state index in [-0.39, 0.29) is 0 Å². The zero-order valence-corrected chi connectivity index (χ0v) is 14.5. The fraction of sp³-hybridized carbons (Fsp3) is 1.00. The molecule has 1 N–H and O–H groups in total. The first kappa shape index (κ1) is 16.3. The summed E-state index contributed by atoms with van der Waals surface area (Å²) >= 11 is 0. The van der Waals surface area contributed by atoms with Gasteiger partial charge in [-0.3, -0.25) is 0 Å². The van der Waals surface area contributed by atoms with Crippen molar-refractivity contribution < 1.29 is 0 Å². The van der Waals surface area contributed by atoms with Crippen LogP contribution >= 0.6 is 0 Å². The van der Waals surface area contributed by atoms with E-state index in [1.807, 2.05) is 0 Å². The molecule has 0 aromatic rings. The Morgan fingerprint density at radius 3 is 2.20 bits per heavy atom. The van der Waals surface area contributed by atoms with E-state index in [1.54, 1.807) is 0 Å². The summed E-state index contributed by atoms with van der Waals surface area (Å²) in [5, 5.41) is 3.64. The smallest absolute Gasteiger partial charge is 0.00177 e. The van der Waals surface area contributed by atoms with E-state index < -0.39 is 0 Å². The average Bonchev–Trinajstić information content (AvgIpc) is 2.38. The van der Waals surface area contributed by atoms with Gasteiger partial charge in [0.2, 0.25) is 0 Å². The van der Waals surface area contributed by atoms with E-state index in [9.17, 15) is 0 Å². The second kappa shape index (κ2) is 6.81. The summed E-state index contributed by atoms with van der Waals surface area (Å²) in [5.74, 6) is 4.80. The third-order valence-corrected chi connectivity index (χ3v) is 6.04. The predicted molar refractivity (Wildman–Crippen MR) is 88.8 cm³/mol. The van der Waals surface area contributed by atoms with Gasteiger partial charge in [0.15, 0.2) is 0 Å². The summed E-state index contributed by atoms with van der Waals surface area (Å²) in [5.41, 5.74) is 0.524. The molecular weight excluding hydrogens is 242 g/mol. The van der Waals surface area contributed by atoms with Gasteiger partial charge in [0.25, 0.3) is 0 Å². The first-order valence-corrected chi connectivity index (χ1v) is 9.08. The minimum absolute atomic E-state index is 0.524. The lowest BCUT2D eigenvalue weighted by molar-refractivity contribution is 0.0787. The molecule has 0 aromatic heterocycles. The van der Waals surface area contributed by atoms with E-state index in [0.29, 0.717) is 5.41 Å².